The first-order chi connectivity index (χ1) is 20.8. The number of hydrogen-bond acceptors (Lipinski definition) is 18. The summed E-state index contributed by atoms with van der Waals surface area (Å²) >= 11 is 0. The SMILES string of the molecule is CO[C@@H]1O[C@H](CO[C@@H]2O[C@H](COC(C)=O)[C@@H](OC(C)=O)[C@H](OC(C)=O)[C@H]2n2c(=O)ssc2=O)[C@H](O)[C@H](OC(C)=O)[C@H]1N=[N+]=[N-]. The predicted molar refractivity (Wildman–Crippen MR) is 144 cm³/mol. The number of ether oxygens (including phenoxy) is 8. The van der Waals surface area contributed by atoms with Crippen LogP contribution in [0.1, 0.15) is 33.7 Å². The van der Waals surface area contributed by atoms with E-state index in [9.17, 15) is 33.9 Å². The average Bonchev–Trinajstić information content (AvgIpc) is 3.26. The van der Waals surface area contributed by atoms with E-state index < -0.39 is 108 Å². The second kappa shape index (κ2) is 15.5. The second-order valence-corrected chi connectivity index (χ2v) is 11.5. The van der Waals surface area contributed by atoms with Crippen LogP contribution >= 0.6 is 20.7 Å². The zero-order valence-corrected chi connectivity index (χ0v) is 25.6. The number of rotatable bonds is 11. The van der Waals surface area contributed by atoms with Gasteiger partial charge in [-0.1, -0.05) is 5.11 Å². The Morgan fingerprint density at radius 1 is 0.864 bits per heavy atom. The highest BCUT2D eigenvalue weighted by atomic mass is 32.9. The summed E-state index contributed by atoms with van der Waals surface area (Å²) in [7, 11) is 2.37. The molecule has 0 bridgehead atoms. The van der Waals surface area contributed by atoms with Gasteiger partial charge in [0.2, 0.25) is 0 Å². The molecule has 10 atom stereocenters. The van der Waals surface area contributed by atoms with Crippen molar-refractivity contribution in [3.63, 3.8) is 0 Å². The molecule has 21 heteroatoms. The fraction of sp³-hybridized carbons (Fsp3) is 0.739. The van der Waals surface area contributed by atoms with E-state index in [0.717, 1.165) is 27.7 Å². The van der Waals surface area contributed by atoms with E-state index in [1.54, 1.807) is 0 Å². The minimum atomic E-state index is -1.65. The van der Waals surface area contributed by atoms with Gasteiger partial charge in [-0.25, -0.2) is 4.57 Å². The summed E-state index contributed by atoms with van der Waals surface area (Å²) in [5.41, 5.74) is 8.97. The van der Waals surface area contributed by atoms with Crippen molar-refractivity contribution >= 4 is 44.6 Å². The summed E-state index contributed by atoms with van der Waals surface area (Å²) in [4.78, 5) is 74.4. The van der Waals surface area contributed by atoms with Crippen LogP contribution in [0.2, 0.25) is 0 Å². The minimum absolute atomic E-state index is 0.528. The number of nitrogens with zero attached hydrogens (tertiary/aromatic N) is 4. The van der Waals surface area contributed by atoms with Gasteiger partial charge in [0, 0.05) is 39.7 Å². The maximum Gasteiger partial charge on any atom is 0.321 e. The number of methoxy groups -OCH3 is 1. The van der Waals surface area contributed by atoms with Crippen LogP contribution < -0.4 is 9.75 Å². The molecule has 2 fully saturated rings. The summed E-state index contributed by atoms with van der Waals surface area (Å²) in [6, 6.07) is -2.85. The number of esters is 4. The molecular weight excluding hydrogens is 636 g/mol. The van der Waals surface area contributed by atoms with Crippen LogP contribution in [-0.2, 0) is 57.1 Å². The lowest BCUT2D eigenvalue weighted by Gasteiger charge is -2.46. The lowest BCUT2D eigenvalue weighted by Crippen LogP contribution is -2.63. The number of hydrogen-bond donors (Lipinski definition) is 1. The third kappa shape index (κ3) is 8.39. The zero-order valence-electron chi connectivity index (χ0n) is 24.0. The molecule has 0 saturated carbocycles. The third-order valence-corrected chi connectivity index (χ3v) is 8.20. The van der Waals surface area contributed by atoms with Gasteiger partial charge in [0.25, 0.3) is 0 Å². The van der Waals surface area contributed by atoms with Crippen molar-refractivity contribution in [2.45, 2.75) is 89.0 Å². The first-order valence-electron chi connectivity index (χ1n) is 12.8. The molecule has 19 nitrogen and oxygen atoms in total. The monoisotopic (exact) mass is 666 g/mol. The highest BCUT2D eigenvalue weighted by Crippen LogP contribution is 2.35. The van der Waals surface area contributed by atoms with Crippen LogP contribution in [0.3, 0.4) is 0 Å². The zero-order chi connectivity index (χ0) is 32.7. The van der Waals surface area contributed by atoms with Crippen LogP contribution in [0.15, 0.2) is 14.7 Å². The van der Waals surface area contributed by atoms with Crippen molar-refractivity contribution in [1.29, 1.82) is 0 Å². The van der Waals surface area contributed by atoms with Gasteiger partial charge >= 0.3 is 33.6 Å². The Kier molecular flexibility index (Phi) is 12.4. The third-order valence-electron chi connectivity index (χ3n) is 6.33. The van der Waals surface area contributed by atoms with E-state index in [1.165, 1.54) is 7.11 Å². The smallest absolute Gasteiger partial charge is 0.321 e. The van der Waals surface area contributed by atoms with Crippen LogP contribution in [0.4, 0.5) is 0 Å². The van der Waals surface area contributed by atoms with Gasteiger partial charge in [-0.15, -0.1) is 0 Å². The van der Waals surface area contributed by atoms with Crippen molar-refractivity contribution in [3.8, 4) is 0 Å². The van der Waals surface area contributed by atoms with Crippen LogP contribution in [0, 0.1) is 0 Å². The number of aromatic nitrogens is 1. The van der Waals surface area contributed by atoms with Gasteiger partial charge in [0.1, 0.15) is 43.1 Å². The molecule has 1 aromatic heterocycles. The Morgan fingerprint density at radius 3 is 1.93 bits per heavy atom. The lowest BCUT2D eigenvalue weighted by molar-refractivity contribution is -0.308. The Bertz CT molecular complexity index is 1350. The molecule has 44 heavy (non-hydrogen) atoms. The highest BCUT2D eigenvalue weighted by Gasteiger charge is 2.54. The fourth-order valence-corrected chi connectivity index (χ4v) is 6.38. The van der Waals surface area contributed by atoms with E-state index in [2.05, 4.69) is 10.0 Å². The van der Waals surface area contributed by atoms with Gasteiger partial charge in [0.05, 0.1) is 6.61 Å². The number of carbonyl (C=O) groups is 4. The molecule has 1 N–H and O–H groups in total. The Balaban J connectivity index is 2.04. The van der Waals surface area contributed by atoms with Gasteiger partial charge in [-0.2, -0.15) is 0 Å². The summed E-state index contributed by atoms with van der Waals surface area (Å²) in [6.07, 6.45) is -11.8. The molecule has 1 aromatic rings. The van der Waals surface area contributed by atoms with Crippen LogP contribution in [0.5, 0.6) is 0 Å². The minimum Gasteiger partial charge on any atom is -0.463 e. The summed E-state index contributed by atoms with van der Waals surface area (Å²) in [5.74, 6) is -3.27. The standard InChI is InChI=1S/C23H30N4O15S2/c1-8(28)36-7-13-17(38-9(2)29)19(40-11(4)31)15(27-22(33)43-44-23(27)34)21(42-13)37-6-12-16(32)18(39-10(3)30)14(25-26-24)20(35-5)41-12/h12-21,32H,6-7H2,1-5H3/t12-,13-,14-,15-,16+,17-,18-,19-,20-,21-/m1/s1. The molecular formula is C23H30N4O15S2. The predicted octanol–water partition coefficient (Wildman–Crippen LogP) is -0.617. The van der Waals surface area contributed by atoms with Crippen molar-refractivity contribution in [2.24, 2.45) is 5.11 Å². The molecule has 3 rings (SSSR count). The Labute approximate surface area is 255 Å². The quantitative estimate of drug-likeness (QED) is 0.0772. The second-order valence-electron chi connectivity index (χ2n) is 9.42. The van der Waals surface area contributed by atoms with E-state index in [4.69, 9.17) is 43.4 Å². The van der Waals surface area contributed by atoms with E-state index >= 15 is 0 Å². The molecule has 2 aliphatic rings. The van der Waals surface area contributed by atoms with Crippen molar-refractivity contribution in [1.82, 2.24) is 4.57 Å². The summed E-state index contributed by atoms with van der Waals surface area (Å²) in [6.45, 7) is 3.15. The van der Waals surface area contributed by atoms with Gasteiger partial charge < -0.3 is 43.0 Å². The summed E-state index contributed by atoms with van der Waals surface area (Å²) < 4.78 is 44.6. The van der Waals surface area contributed by atoms with Crippen molar-refractivity contribution in [3.05, 3.63) is 29.8 Å². The topological polar surface area (TPSA) is 250 Å². The lowest BCUT2D eigenvalue weighted by atomic mass is 9.95. The number of aliphatic hydroxyl groups is 1. The molecule has 0 aliphatic carbocycles. The number of carbonyl (C=O) groups excluding carboxylic acids is 4. The molecule has 2 aliphatic heterocycles. The Hall–Kier alpha value is -3.43. The van der Waals surface area contributed by atoms with Crippen LogP contribution in [-0.4, -0.2) is 109 Å². The van der Waals surface area contributed by atoms with Crippen molar-refractivity contribution in [2.75, 3.05) is 20.3 Å². The first kappa shape index (κ1) is 35.1. The molecule has 0 unspecified atom stereocenters. The molecule has 2 saturated heterocycles. The molecule has 0 amide bonds. The first-order valence-corrected chi connectivity index (χ1v) is 15.0. The molecule has 244 valence electrons. The fourth-order valence-electron chi connectivity index (χ4n) is 4.70. The van der Waals surface area contributed by atoms with Crippen molar-refractivity contribution < 1.29 is 62.2 Å². The molecule has 0 radical (unpaired) electrons. The van der Waals surface area contributed by atoms with E-state index in [-0.39, 0.29) is 0 Å². The van der Waals surface area contributed by atoms with Gasteiger partial charge in [-0.05, 0) is 26.2 Å². The maximum atomic E-state index is 12.8. The Morgan fingerprint density at radius 2 is 1.41 bits per heavy atom. The molecule has 0 spiro atoms. The normalized spacial score (nSPS) is 31.7. The summed E-state index contributed by atoms with van der Waals surface area (Å²) in [5, 5.41) is 14.5. The molecule has 3 heterocycles. The van der Waals surface area contributed by atoms with Crippen LogP contribution in [0.25, 0.3) is 10.4 Å². The van der Waals surface area contributed by atoms with E-state index in [0.29, 0.717) is 25.2 Å². The maximum absolute atomic E-state index is 12.8. The highest BCUT2D eigenvalue weighted by molar-refractivity contribution is 7.67. The molecule has 0 aromatic carbocycles. The number of azide groups is 1. The largest absolute Gasteiger partial charge is 0.463 e. The van der Waals surface area contributed by atoms with E-state index in [1.807, 2.05) is 0 Å². The van der Waals surface area contributed by atoms with Gasteiger partial charge in [0.15, 0.2) is 24.8 Å². The van der Waals surface area contributed by atoms with Gasteiger partial charge in [-0.3, -0.25) is 28.8 Å². The average molecular weight is 667 g/mol. The number of aliphatic hydroxyl groups excluding tert-OH is 1.